The van der Waals surface area contributed by atoms with E-state index in [4.69, 9.17) is 10.5 Å². The number of carbonyl (C=O) groups is 1. The number of rotatable bonds is 6. The van der Waals surface area contributed by atoms with Crippen molar-refractivity contribution in [3.05, 3.63) is 59.2 Å². The average Bonchev–Trinajstić information content (AvgIpc) is 2.53. The number of benzene rings is 2. The van der Waals surface area contributed by atoms with Gasteiger partial charge in [-0.2, -0.15) is 0 Å². The third kappa shape index (κ3) is 4.83. The lowest BCUT2D eigenvalue weighted by Gasteiger charge is -2.15. The van der Waals surface area contributed by atoms with Crippen LogP contribution in [0.2, 0.25) is 0 Å². The van der Waals surface area contributed by atoms with Gasteiger partial charge in [-0.15, -0.1) is 0 Å². The number of hydrogen-bond donors (Lipinski definition) is 2. The number of hydrogen-bond acceptors (Lipinski definition) is 3. The third-order valence-electron chi connectivity index (χ3n) is 3.61. The average molecular weight is 312 g/mol. The molecule has 2 aromatic carbocycles. The van der Waals surface area contributed by atoms with E-state index < -0.39 is 0 Å². The first-order chi connectivity index (χ1) is 11.0. The molecule has 0 aliphatic heterocycles. The highest BCUT2D eigenvalue weighted by Gasteiger charge is 2.08. The Labute approximate surface area is 137 Å². The molecule has 0 bridgehead atoms. The molecular formula is C19H24N2O2. The SMILES string of the molecule is Cc1ccc(C(C)C)c(OCc2ccc(NC(=O)CN)cc2)c1. The number of nitrogens with one attached hydrogen (secondary N) is 1. The van der Waals surface area contributed by atoms with Gasteiger partial charge in [-0.3, -0.25) is 4.79 Å². The highest BCUT2D eigenvalue weighted by atomic mass is 16.5. The third-order valence-corrected chi connectivity index (χ3v) is 3.61. The summed E-state index contributed by atoms with van der Waals surface area (Å²) in [7, 11) is 0. The van der Waals surface area contributed by atoms with Gasteiger partial charge >= 0.3 is 0 Å². The highest BCUT2D eigenvalue weighted by Crippen LogP contribution is 2.28. The van der Waals surface area contributed by atoms with Crippen LogP contribution in [0, 0.1) is 6.92 Å². The van der Waals surface area contributed by atoms with E-state index in [-0.39, 0.29) is 12.5 Å². The summed E-state index contributed by atoms with van der Waals surface area (Å²) in [6, 6.07) is 13.9. The second-order valence-electron chi connectivity index (χ2n) is 5.93. The lowest BCUT2D eigenvalue weighted by atomic mass is 10.0. The molecule has 0 spiro atoms. The van der Waals surface area contributed by atoms with Crippen molar-refractivity contribution >= 4 is 11.6 Å². The minimum atomic E-state index is -0.199. The molecule has 122 valence electrons. The Hall–Kier alpha value is -2.33. The quantitative estimate of drug-likeness (QED) is 0.856. The molecule has 0 aliphatic rings. The van der Waals surface area contributed by atoms with E-state index in [0.717, 1.165) is 17.0 Å². The predicted octanol–water partition coefficient (Wildman–Crippen LogP) is 3.59. The minimum absolute atomic E-state index is 0.0177. The van der Waals surface area contributed by atoms with Gasteiger partial charge in [0.15, 0.2) is 0 Å². The lowest BCUT2D eigenvalue weighted by molar-refractivity contribution is -0.114. The molecule has 2 aromatic rings. The first-order valence-corrected chi connectivity index (χ1v) is 7.82. The van der Waals surface area contributed by atoms with Gasteiger partial charge in [0.25, 0.3) is 0 Å². The van der Waals surface area contributed by atoms with Gasteiger partial charge in [-0.1, -0.05) is 38.1 Å². The Morgan fingerprint density at radius 1 is 1.17 bits per heavy atom. The summed E-state index contributed by atoms with van der Waals surface area (Å²) >= 11 is 0. The van der Waals surface area contributed by atoms with Crippen LogP contribution in [-0.2, 0) is 11.4 Å². The summed E-state index contributed by atoms with van der Waals surface area (Å²) < 4.78 is 6.00. The number of aryl methyl sites for hydroxylation is 1. The molecule has 3 N–H and O–H groups in total. The summed E-state index contributed by atoms with van der Waals surface area (Å²) in [5.41, 5.74) is 9.46. The van der Waals surface area contributed by atoms with E-state index in [0.29, 0.717) is 12.5 Å². The first-order valence-electron chi connectivity index (χ1n) is 7.82. The van der Waals surface area contributed by atoms with Crippen LogP contribution in [0.4, 0.5) is 5.69 Å². The number of nitrogens with two attached hydrogens (primary N) is 1. The number of anilines is 1. The van der Waals surface area contributed by atoms with Crippen LogP contribution in [0.15, 0.2) is 42.5 Å². The number of amides is 1. The molecule has 0 saturated carbocycles. The molecule has 23 heavy (non-hydrogen) atoms. The van der Waals surface area contributed by atoms with Crippen molar-refractivity contribution in [3.8, 4) is 5.75 Å². The Balaban J connectivity index is 2.04. The molecule has 0 unspecified atom stereocenters. The Kier molecular flexibility index (Phi) is 5.77. The molecule has 0 aromatic heterocycles. The molecule has 4 heteroatoms. The van der Waals surface area contributed by atoms with E-state index in [1.54, 1.807) is 0 Å². The van der Waals surface area contributed by atoms with Gasteiger partial charge in [0, 0.05) is 5.69 Å². The fraction of sp³-hybridized carbons (Fsp3) is 0.316. The van der Waals surface area contributed by atoms with Gasteiger partial charge in [0.2, 0.25) is 5.91 Å². The van der Waals surface area contributed by atoms with E-state index in [9.17, 15) is 4.79 Å². The van der Waals surface area contributed by atoms with Crippen LogP contribution < -0.4 is 15.8 Å². The molecule has 2 rings (SSSR count). The van der Waals surface area contributed by atoms with Gasteiger partial charge < -0.3 is 15.8 Å². The Bertz CT molecular complexity index is 664. The molecule has 0 radical (unpaired) electrons. The largest absolute Gasteiger partial charge is 0.489 e. The predicted molar refractivity (Wildman–Crippen MR) is 93.7 cm³/mol. The van der Waals surface area contributed by atoms with Crippen molar-refractivity contribution in [1.82, 2.24) is 0 Å². The van der Waals surface area contributed by atoms with Gasteiger partial charge in [0.1, 0.15) is 12.4 Å². The summed E-state index contributed by atoms with van der Waals surface area (Å²) in [4.78, 5) is 11.2. The van der Waals surface area contributed by atoms with Gasteiger partial charge in [-0.05, 0) is 47.7 Å². The molecule has 0 atom stereocenters. The maximum atomic E-state index is 11.2. The van der Waals surface area contributed by atoms with Crippen LogP contribution in [-0.4, -0.2) is 12.5 Å². The zero-order valence-electron chi connectivity index (χ0n) is 13.9. The van der Waals surface area contributed by atoms with Gasteiger partial charge in [-0.25, -0.2) is 0 Å². The molecule has 0 saturated heterocycles. The maximum Gasteiger partial charge on any atom is 0.238 e. The van der Waals surface area contributed by atoms with Crippen molar-refractivity contribution in [2.75, 3.05) is 11.9 Å². The Morgan fingerprint density at radius 3 is 2.48 bits per heavy atom. The number of carbonyl (C=O) groups excluding carboxylic acids is 1. The van der Waals surface area contributed by atoms with E-state index in [2.05, 4.69) is 44.3 Å². The van der Waals surface area contributed by atoms with E-state index >= 15 is 0 Å². The molecule has 0 aliphatic carbocycles. The smallest absolute Gasteiger partial charge is 0.238 e. The van der Waals surface area contributed by atoms with Crippen molar-refractivity contribution in [1.29, 1.82) is 0 Å². The molecule has 0 fully saturated rings. The fourth-order valence-corrected chi connectivity index (χ4v) is 2.30. The maximum absolute atomic E-state index is 11.2. The summed E-state index contributed by atoms with van der Waals surface area (Å²) in [5, 5.41) is 2.72. The Morgan fingerprint density at radius 2 is 1.87 bits per heavy atom. The van der Waals surface area contributed by atoms with Crippen LogP contribution in [0.25, 0.3) is 0 Å². The van der Waals surface area contributed by atoms with E-state index in [1.807, 2.05) is 24.3 Å². The highest BCUT2D eigenvalue weighted by molar-refractivity contribution is 5.92. The molecular weight excluding hydrogens is 288 g/mol. The molecule has 1 amide bonds. The minimum Gasteiger partial charge on any atom is -0.489 e. The zero-order chi connectivity index (χ0) is 16.8. The van der Waals surface area contributed by atoms with Crippen molar-refractivity contribution < 1.29 is 9.53 Å². The van der Waals surface area contributed by atoms with E-state index in [1.165, 1.54) is 11.1 Å². The second kappa shape index (κ2) is 7.79. The van der Waals surface area contributed by atoms with Crippen molar-refractivity contribution in [2.24, 2.45) is 5.73 Å². The monoisotopic (exact) mass is 312 g/mol. The number of ether oxygens (including phenoxy) is 1. The topological polar surface area (TPSA) is 64.3 Å². The van der Waals surface area contributed by atoms with Crippen molar-refractivity contribution in [2.45, 2.75) is 33.3 Å². The van der Waals surface area contributed by atoms with Crippen LogP contribution in [0.5, 0.6) is 5.75 Å². The summed E-state index contributed by atoms with van der Waals surface area (Å²) in [6.45, 7) is 6.86. The van der Waals surface area contributed by atoms with Crippen LogP contribution in [0.1, 0.15) is 36.5 Å². The molecule has 0 heterocycles. The second-order valence-corrected chi connectivity index (χ2v) is 5.93. The summed E-state index contributed by atoms with van der Waals surface area (Å²) in [6.07, 6.45) is 0. The normalized spacial score (nSPS) is 10.7. The van der Waals surface area contributed by atoms with Gasteiger partial charge in [0.05, 0.1) is 6.54 Å². The fourth-order valence-electron chi connectivity index (χ4n) is 2.30. The molecule has 4 nitrogen and oxygen atoms in total. The summed E-state index contributed by atoms with van der Waals surface area (Å²) in [5.74, 6) is 1.15. The van der Waals surface area contributed by atoms with Crippen LogP contribution in [0.3, 0.4) is 0 Å². The lowest BCUT2D eigenvalue weighted by Crippen LogP contribution is -2.21. The van der Waals surface area contributed by atoms with Crippen molar-refractivity contribution in [3.63, 3.8) is 0 Å². The first kappa shape index (κ1) is 17.0. The zero-order valence-corrected chi connectivity index (χ0v) is 13.9. The standard InChI is InChI=1S/C19H24N2O2/c1-13(2)17-9-4-14(3)10-18(17)23-12-15-5-7-16(8-6-15)21-19(22)11-20/h4-10,13H,11-12,20H2,1-3H3,(H,21,22). The van der Waals surface area contributed by atoms with Crippen LogP contribution >= 0.6 is 0 Å².